The van der Waals surface area contributed by atoms with Crippen LogP contribution in [0.25, 0.3) is 0 Å². The van der Waals surface area contributed by atoms with Gasteiger partial charge in [-0.3, -0.25) is 4.79 Å². The van der Waals surface area contributed by atoms with E-state index >= 15 is 0 Å². The van der Waals surface area contributed by atoms with Crippen LogP contribution in [-0.2, 0) is 4.79 Å². The van der Waals surface area contributed by atoms with Gasteiger partial charge in [0.05, 0.1) is 10.9 Å². The molecule has 0 saturated carbocycles. The van der Waals surface area contributed by atoms with E-state index in [0.717, 1.165) is 11.1 Å². The average Bonchev–Trinajstić information content (AvgIpc) is 2.26. The number of carboxylic acids is 1. The van der Waals surface area contributed by atoms with Gasteiger partial charge in [0.2, 0.25) is 0 Å². The van der Waals surface area contributed by atoms with Crippen molar-refractivity contribution < 1.29 is 14.6 Å². The number of rotatable bonds is 6. The number of carbonyl (C=O) groups is 1. The number of halogens is 1. The van der Waals surface area contributed by atoms with E-state index in [1.165, 1.54) is 0 Å². The van der Waals surface area contributed by atoms with Crippen LogP contribution in [0.15, 0.2) is 34.8 Å². The molecule has 1 unspecified atom stereocenters. The minimum absolute atomic E-state index is 0.122. The summed E-state index contributed by atoms with van der Waals surface area (Å²) in [5.41, 5.74) is 7.46. The molecule has 0 bridgehead atoms. The van der Waals surface area contributed by atoms with Gasteiger partial charge in [-0.2, -0.15) is 0 Å². The maximum Gasteiger partial charge on any atom is 0.305 e. The van der Waals surface area contributed by atoms with Crippen LogP contribution in [0, 0.1) is 0 Å². The van der Waals surface area contributed by atoms with Crippen molar-refractivity contribution in [2.75, 3.05) is 6.61 Å². The molecule has 0 aliphatic rings. The summed E-state index contributed by atoms with van der Waals surface area (Å²) in [6, 6.07) is 4.80. The maximum atomic E-state index is 10.7. The van der Waals surface area contributed by atoms with Gasteiger partial charge in [0.1, 0.15) is 12.4 Å². The Bertz CT molecular complexity index is 460. The SMILES string of the molecule is C=C(C)COc1cccc(C(N)CC(=O)O)c1Br. The van der Waals surface area contributed by atoms with Gasteiger partial charge in [-0.1, -0.05) is 18.7 Å². The highest BCUT2D eigenvalue weighted by Gasteiger charge is 2.16. The van der Waals surface area contributed by atoms with Gasteiger partial charge >= 0.3 is 5.97 Å². The highest BCUT2D eigenvalue weighted by molar-refractivity contribution is 9.10. The molecule has 18 heavy (non-hydrogen) atoms. The lowest BCUT2D eigenvalue weighted by Gasteiger charge is -2.15. The van der Waals surface area contributed by atoms with Gasteiger partial charge in [-0.05, 0) is 40.1 Å². The van der Waals surface area contributed by atoms with Crippen LogP contribution in [0.2, 0.25) is 0 Å². The Morgan fingerprint density at radius 2 is 2.28 bits per heavy atom. The van der Waals surface area contributed by atoms with E-state index in [0.29, 0.717) is 16.8 Å². The van der Waals surface area contributed by atoms with Gasteiger partial charge in [0, 0.05) is 6.04 Å². The summed E-state index contributed by atoms with van der Waals surface area (Å²) in [5.74, 6) is -0.293. The first-order chi connectivity index (χ1) is 8.41. The van der Waals surface area contributed by atoms with Crippen LogP contribution >= 0.6 is 15.9 Å². The molecule has 0 aliphatic carbocycles. The van der Waals surface area contributed by atoms with Crippen molar-refractivity contribution in [1.29, 1.82) is 0 Å². The molecule has 0 aromatic heterocycles. The molecule has 0 fully saturated rings. The lowest BCUT2D eigenvalue weighted by molar-refractivity contribution is -0.137. The van der Waals surface area contributed by atoms with Gasteiger partial charge in [0.25, 0.3) is 0 Å². The predicted molar refractivity (Wildman–Crippen MR) is 73.6 cm³/mol. The normalized spacial score (nSPS) is 11.9. The topological polar surface area (TPSA) is 72.5 Å². The van der Waals surface area contributed by atoms with Gasteiger partial charge < -0.3 is 15.6 Å². The molecule has 3 N–H and O–H groups in total. The summed E-state index contributed by atoms with van der Waals surface area (Å²) < 4.78 is 6.24. The number of hydrogen-bond donors (Lipinski definition) is 2. The van der Waals surface area contributed by atoms with Crippen LogP contribution in [0.3, 0.4) is 0 Å². The van der Waals surface area contributed by atoms with E-state index in [2.05, 4.69) is 22.5 Å². The summed E-state index contributed by atoms with van der Waals surface area (Å²) in [6.45, 7) is 6.04. The Morgan fingerprint density at radius 1 is 1.61 bits per heavy atom. The average molecular weight is 314 g/mol. The quantitative estimate of drug-likeness (QED) is 0.792. The first-order valence-corrected chi connectivity index (χ1v) is 6.24. The molecule has 0 radical (unpaired) electrons. The molecule has 98 valence electrons. The fraction of sp³-hybridized carbons (Fsp3) is 0.308. The lowest BCUT2D eigenvalue weighted by atomic mass is 10.0. The zero-order valence-electron chi connectivity index (χ0n) is 10.1. The molecule has 0 aliphatic heterocycles. The molecular weight excluding hydrogens is 298 g/mol. The Balaban J connectivity index is 2.90. The third-order valence-corrected chi connectivity index (χ3v) is 3.11. The van der Waals surface area contributed by atoms with Crippen LogP contribution in [0.4, 0.5) is 0 Å². The molecule has 1 atom stereocenters. The molecule has 1 rings (SSSR count). The van der Waals surface area contributed by atoms with Crippen LogP contribution in [0.1, 0.15) is 24.9 Å². The monoisotopic (exact) mass is 313 g/mol. The zero-order chi connectivity index (χ0) is 13.7. The van der Waals surface area contributed by atoms with Crippen molar-refractivity contribution in [3.63, 3.8) is 0 Å². The van der Waals surface area contributed by atoms with Gasteiger partial charge in [-0.25, -0.2) is 0 Å². The summed E-state index contributed by atoms with van der Waals surface area (Å²) in [4.78, 5) is 10.7. The molecule has 1 aromatic carbocycles. The van der Waals surface area contributed by atoms with Crippen molar-refractivity contribution in [3.8, 4) is 5.75 Å². The van der Waals surface area contributed by atoms with E-state index in [-0.39, 0.29) is 6.42 Å². The number of hydrogen-bond acceptors (Lipinski definition) is 3. The third-order valence-electron chi connectivity index (χ3n) is 2.26. The Kier molecular flexibility index (Phi) is 5.37. The number of benzene rings is 1. The molecule has 0 heterocycles. The molecule has 5 heteroatoms. The van der Waals surface area contributed by atoms with Crippen molar-refractivity contribution in [2.24, 2.45) is 5.73 Å². The maximum absolute atomic E-state index is 10.7. The van der Waals surface area contributed by atoms with Crippen LogP contribution < -0.4 is 10.5 Å². The van der Waals surface area contributed by atoms with Crippen molar-refractivity contribution in [2.45, 2.75) is 19.4 Å². The van der Waals surface area contributed by atoms with Gasteiger partial charge in [0.15, 0.2) is 0 Å². The van der Waals surface area contributed by atoms with E-state index in [9.17, 15) is 4.79 Å². The molecular formula is C13H16BrNO3. The molecule has 0 saturated heterocycles. The highest BCUT2D eigenvalue weighted by atomic mass is 79.9. The van der Waals surface area contributed by atoms with Crippen LogP contribution in [0.5, 0.6) is 5.75 Å². The molecule has 1 aromatic rings. The molecule has 4 nitrogen and oxygen atoms in total. The summed E-state index contributed by atoms with van der Waals surface area (Å²) in [6.07, 6.45) is -0.122. The fourth-order valence-electron chi connectivity index (χ4n) is 1.42. The first kappa shape index (κ1) is 14.7. The fourth-order valence-corrected chi connectivity index (χ4v) is 2.10. The minimum atomic E-state index is -0.928. The number of aliphatic carboxylic acids is 1. The largest absolute Gasteiger partial charge is 0.488 e. The second kappa shape index (κ2) is 6.56. The number of carboxylic acid groups (broad SMARTS) is 1. The summed E-state index contributed by atoms with van der Waals surface area (Å²) >= 11 is 3.39. The third kappa shape index (κ3) is 4.16. The number of nitrogens with two attached hydrogens (primary N) is 1. The lowest BCUT2D eigenvalue weighted by Crippen LogP contribution is -2.15. The van der Waals surface area contributed by atoms with E-state index in [1.807, 2.05) is 6.92 Å². The van der Waals surface area contributed by atoms with Crippen molar-refractivity contribution >= 4 is 21.9 Å². The van der Waals surface area contributed by atoms with Crippen molar-refractivity contribution in [3.05, 3.63) is 40.4 Å². The zero-order valence-corrected chi connectivity index (χ0v) is 11.7. The summed E-state index contributed by atoms with van der Waals surface area (Å²) in [5, 5.41) is 8.74. The second-order valence-electron chi connectivity index (χ2n) is 4.11. The van der Waals surface area contributed by atoms with E-state index in [1.54, 1.807) is 18.2 Å². The Hall–Kier alpha value is -1.33. The Morgan fingerprint density at radius 3 is 2.83 bits per heavy atom. The standard InChI is InChI=1S/C13H16BrNO3/c1-8(2)7-18-11-5-3-4-9(13(11)14)10(15)6-12(16)17/h3-5,10H,1,6-7,15H2,2H3,(H,16,17). The smallest absolute Gasteiger partial charge is 0.305 e. The minimum Gasteiger partial charge on any atom is -0.488 e. The molecule has 0 amide bonds. The van der Waals surface area contributed by atoms with Gasteiger partial charge in [-0.15, -0.1) is 0 Å². The Labute approximate surface area is 115 Å². The van der Waals surface area contributed by atoms with Crippen LogP contribution in [-0.4, -0.2) is 17.7 Å². The van der Waals surface area contributed by atoms with E-state index < -0.39 is 12.0 Å². The van der Waals surface area contributed by atoms with E-state index in [4.69, 9.17) is 15.6 Å². The first-order valence-electron chi connectivity index (χ1n) is 5.44. The highest BCUT2D eigenvalue weighted by Crippen LogP contribution is 2.32. The predicted octanol–water partition coefficient (Wildman–Crippen LogP) is 2.88. The second-order valence-corrected chi connectivity index (χ2v) is 4.90. The number of ether oxygens (including phenoxy) is 1. The van der Waals surface area contributed by atoms with Crippen molar-refractivity contribution in [1.82, 2.24) is 0 Å². The summed E-state index contributed by atoms with van der Waals surface area (Å²) in [7, 11) is 0. The molecule has 0 spiro atoms.